The van der Waals surface area contributed by atoms with E-state index in [1.807, 2.05) is 6.07 Å². The first-order valence-corrected chi connectivity index (χ1v) is 10.4. The van der Waals surface area contributed by atoms with Gasteiger partial charge < -0.3 is 15.0 Å². The number of carbonyl (C=O) groups is 3. The Morgan fingerprint density at radius 3 is 2.55 bits per heavy atom. The zero-order valence-electron chi connectivity index (χ0n) is 16.6. The van der Waals surface area contributed by atoms with Crippen LogP contribution < -0.4 is 5.32 Å². The molecule has 0 spiro atoms. The normalized spacial score (nSPS) is 32.7. The summed E-state index contributed by atoms with van der Waals surface area (Å²) in [4.78, 5) is 39.8. The molecule has 2 aliphatic heterocycles. The number of hydrogen-bond donors (Lipinski definition) is 1. The molecule has 0 radical (unpaired) electrons. The molecule has 1 aromatic carbocycles. The van der Waals surface area contributed by atoms with Gasteiger partial charge in [0.1, 0.15) is 31.0 Å². The number of nitrogens with zero attached hydrogens (tertiary/aromatic N) is 1. The Balaban J connectivity index is 1.57. The number of hydrogen-bond acceptors (Lipinski definition) is 4. The van der Waals surface area contributed by atoms with Crippen LogP contribution in [0.1, 0.15) is 43.0 Å². The summed E-state index contributed by atoms with van der Waals surface area (Å²) in [6.07, 6.45) is 1.33. The number of fused-ring (bicyclic) bond motifs is 1. The van der Waals surface area contributed by atoms with Crippen LogP contribution in [0.5, 0.6) is 0 Å². The van der Waals surface area contributed by atoms with E-state index in [4.69, 9.17) is 4.74 Å². The third-order valence-corrected chi connectivity index (χ3v) is 6.53. The fourth-order valence-electron chi connectivity index (χ4n) is 4.82. The second-order valence-corrected chi connectivity index (χ2v) is 8.53. The van der Waals surface area contributed by atoms with E-state index in [-0.39, 0.29) is 36.7 Å². The number of amides is 2. The summed E-state index contributed by atoms with van der Waals surface area (Å²) in [5.41, 5.74) is 0.470. The lowest BCUT2D eigenvalue weighted by molar-refractivity contribution is -0.139. The van der Waals surface area contributed by atoms with E-state index < -0.39 is 24.4 Å². The van der Waals surface area contributed by atoms with Gasteiger partial charge in [0.25, 0.3) is 5.91 Å². The number of benzene rings is 1. The van der Waals surface area contributed by atoms with Crippen molar-refractivity contribution >= 4 is 17.6 Å². The average Bonchev–Trinajstić information content (AvgIpc) is 3.28. The molecular weight excluding hydrogens is 375 g/mol. The highest BCUT2D eigenvalue weighted by molar-refractivity contribution is 5.99. The van der Waals surface area contributed by atoms with Crippen molar-refractivity contribution in [3.63, 3.8) is 0 Å². The Labute approximate surface area is 169 Å². The van der Waals surface area contributed by atoms with Gasteiger partial charge in [-0.05, 0) is 36.8 Å². The van der Waals surface area contributed by atoms with Crippen LogP contribution >= 0.6 is 0 Å². The molecular formula is C22H27FN2O4. The van der Waals surface area contributed by atoms with Gasteiger partial charge in [-0.15, -0.1) is 0 Å². The summed E-state index contributed by atoms with van der Waals surface area (Å²) >= 11 is 0. The van der Waals surface area contributed by atoms with E-state index in [0.717, 1.165) is 25.7 Å². The Morgan fingerprint density at radius 1 is 1.17 bits per heavy atom. The molecule has 3 aliphatic rings. The number of likely N-dealkylation sites (tertiary alicyclic amines) is 1. The highest BCUT2D eigenvalue weighted by Gasteiger charge is 2.54. The SMILES string of the molecule is CC1CCC([C@H](NC(=O)c2ccccc2)C(=O)N2C[C@@H](F)[C@H]3OCC(=O)[C@H]32)CC1. The molecule has 1 aliphatic carbocycles. The second kappa shape index (κ2) is 8.22. The zero-order chi connectivity index (χ0) is 20.5. The molecule has 2 saturated heterocycles. The van der Waals surface area contributed by atoms with Crippen molar-refractivity contribution in [3.8, 4) is 0 Å². The van der Waals surface area contributed by atoms with E-state index in [0.29, 0.717) is 11.5 Å². The quantitative estimate of drug-likeness (QED) is 0.837. The van der Waals surface area contributed by atoms with Crippen LogP contribution in [0.3, 0.4) is 0 Å². The number of carbonyl (C=O) groups excluding carboxylic acids is 3. The van der Waals surface area contributed by atoms with Crippen LogP contribution in [0.4, 0.5) is 4.39 Å². The minimum Gasteiger partial charge on any atom is -0.365 e. The van der Waals surface area contributed by atoms with Crippen LogP contribution in [-0.2, 0) is 14.3 Å². The number of alkyl halides is 1. The molecule has 4 rings (SSSR count). The third-order valence-electron chi connectivity index (χ3n) is 6.53. The molecule has 1 saturated carbocycles. The summed E-state index contributed by atoms with van der Waals surface area (Å²) in [5, 5.41) is 2.90. The number of ether oxygens (including phenoxy) is 1. The van der Waals surface area contributed by atoms with Crippen molar-refractivity contribution in [2.24, 2.45) is 11.8 Å². The zero-order valence-corrected chi connectivity index (χ0v) is 16.6. The van der Waals surface area contributed by atoms with E-state index >= 15 is 0 Å². The van der Waals surface area contributed by atoms with E-state index in [1.54, 1.807) is 24.3 Å². The third kappa shape index (κ3) is 3.92. The summed E-state index contributed by atoms with van der Waals surface area (Å²) in [7, 11) is 0. The van der Waals surface area contributed by atoms with Crippen molar-refractivity contribution in [3.05, 3.63) is 35.9 Å². The van der Waals surface area contributed by atoms with Crippen molar-refractivity contribution in [1.82, 2.24) is 10.2 Å². The molecule has 0 unspecified atom stereocenters. The smallest absolute Gasteiger partial charge is 0.251 e. The van der Waals surface area contributed by atoms with Gasteiger partial charge in [-0.3, -0.25) is 14.4 Å². The largest absolute Gasteiger partial charge is 0.365 e. The topological polar surface area (TPSA) is 75.7 Å². The molecule has 0 bridgehead atoms. The molecule has 1 aromatic rings. The Morgan fingerprint density at radius 2 is 1.86 bits per heavy atom. The maximum atomic E-state index is 14.4. The Kier molecular flexibility index (Phi) is 5.67. The number of rotatable bonds is 4. The Bertz CT molecular complexity index is 778. The lowest BCUT2D eigenvalue weighted by Crippen LogP contribution is -2.55. The first kappa shape index (κ1) is 20.0. The lowest BCUT2D eigenvalue weighted by atomic mass is 9.78. The van der Waals surface area contributed by atoms with E-state index in [9.17, 15) is 18.8 Å². The van der Waals surface area contributed by atoms with Gasteiger partial charge in [-0.25, -0.2) is 4.39 Å². The summed E-state index contributed by atoms with van der Waals surface area (Å²) in [6, 6.07) is 7.09. The molecule has 156 valence electrons. The number of nitrogens with one attached hydrogen (secondary N) is 1. The first-order chi connectivity index (χ1) is 14.0. The first-order valence-electron chi connectivity index (χ1n) is 10.4. The van der Waals surface area contributed by atoms with Gasteiger partial charge in [-0.1, -0.05) is 38.0 Å². The van der Waals surface area contributed by atoms with Crippen LogP contribution in [0, 0.1) is 11.8 Å². The average molecular weight is 402 g/mol. The fourth-order valence-corrected chi connectivity index (χ4v) is 4.82. The molecule has 4 atom stereocenters. The Hall–Kier alpha value is -2.28. The molecule has 1 N–H and O–H groups in total. The van der Waals surface area contributed by atoms with Crippen LogP contribution in [-0.4, -0.2) is 60.0 Å². The second-order valence-electron chi connectivity index (χ2n) is 8.53. The molecule has 3 fully saturated rings. The molecule has 7 heteroatoms. The van der Waals surface area contributed by atoms with Gasteiger partial charge >= 0.3 is 0 Å². The molecule has 2 heterocycles. The van der Waals surface area contributed by atoms with Gasteiger partial charge in [0, 0.05) is 5.56 Å². The predicted octanol–water partition coefficient (Wildman–Crippen LogP) is 2.13. The molecule has 0 aromatic heterocycles. The van der Waals surface area contributed by atoms with E-state index in [2.05, 4.69) is 12.2 Å². The molecule has 2 amide bonds. The maximum Gasteiger partial charge on any atom is 0.251 e. The molecule has 29 heavy (non-hydrogen) atoms. The van der Waals surface area contributed by atoms with Gasteiger partial charge in [0.05, 0.1) is 6.54 Å². The maximum absolute atomic E-state index is 14.4. The summed E-state index contributed by atoms with van der Waals surface area (Å²) in [6.45, 7) is 1.85. The fraction of sp³-hybridized carbons (Fsp3) is 0.591. The van der Waals surface area contributed by atoms with Crippen molar-refractivity contribution in [2.45, 2.75) is 57.0 Å². The summed E-state index contributed by atoms with van der Waals surface area (Å²) < 4.78 is 19.7. The monoisotopic (exact) mass is 402 g/mol. The summed E-state index contributed by atoms with van der Waals surface area (Å²) in [5.74, 6) is -0.412. The van der Waals surface area contributed by atoms with Gasteiger partial charge in [0.2, 0.25) is 5.91 Å². The minimum atomic E-state index is -1.38. The minimum absolute atomic E-state index is 0.0269. The van der Waals surface area contributed by atoms with Gasteiger partial charge in [0.15, 0.2) is 5.78 Å². The van der Waals surface area contributed by atoms with Crippen molar-refractivity contribution < 1.29 is 23.5 Å². The number of ketones is 1. The van der Waals surface area contributed by atoms with Gasteiger partial charge in [-0.2, -0.15) is 0 Å². The highest BCUT2D eigenvalue weighted by Crippen LogP contribution is 2.34. The number of halogens is 1. The van der Waals surface area contributed by atoms with E-state index in [1.165, 1.54) is 4.90 Å². The number of Topliss-reactive ketones (excluding diaryl/α,β-unsaturated/α-hetero) is 1. The standard InChI is InChI=1S/C22H27FN2O4/c1-13-7-9-14(10-8-13)18(24-21(27)15-5-3-2-4-6-15)22(28)25-11-16(23)20-19(25)17(26)12-29-20/h2-6,13-14,16,18-20H,7-12H2,1H3,(H,24,27)/t13?,14?,16-,18+,19-,20-/m1/s1. The lowest BCUT2D eigenvalue weighted by Gasteiger charge is -2.35. The predicted molar refractivity (Wildman–Crippen MR) is 104 cm³/mol. The van der Waals surface area contributed by atoms with Crippen molar-refractivity contribution in [2.75, 3.05) is 13.2 Å². The van der Waals surface area contributed by atoms with Crippen LogP contribution in [0.15, 0.2) is 30.3 Å². The van der Waals surface area contributed by atoms with Crippen LogP contribution in [0.25, 0.3) is 0 Å². The van der Waals surface area contributed by atoms with Crippen molar-refractivity contribution in [1.29, 1.82) is 0 Å². The van der Waals surface area contributed by atoms with Crippen LogP contribution in [0.2, 0.25) is 0 Å². The molecule has 6 nitrogen and oxygen atoms in total. The highest BCUT2D eigenvalue weighted by atomic mass is 19.1.